The van der Waals surface area contributed by atoms with Crippen LogP contribution in [-0.4, -0.2) is 30.4 Å². The summed E-state index contributed by atoms with van der Waals surface area (Å²) in [6.45, 7) is 1.60. The summed E-state index contributed by atoms with van der Waals surface area (Å²) in [7, 11) is 1.71. The van der Waals surface area contributed by atoms with Crippen molar-refractivity contribution in [2.75, 3.05) is 25.6 Å². The molecule has 2 rings (SSSR count). The molecule has 0 aliphatic heterocycles. The second kappa shape index (κ2) is 6.76. The van der Waals surface area contributed by atoms with Gasteiger partial charge >= 0.3 is 0 Å². The van der Waals surface area contributed by atoms with E-state index in [1.54, 1.807) is 7.11 Å². The maximum absolute atomic E-state index is 5.18. The molecule has 0 amide bonds. The highest BCUT2D eigenvalue weighted by Gasteiger charge is 2.06. The third-order valence-corrected chi connectivity index (χ3v) is 2.51. The zero-order chi connectivity index (χ0) is 12.6. The first kappa shape index (κ1) is 12.6. The highest BCUT2D eigenvalue weighted by atomic mass is 16.5. The van der Waals surface area contributed by atoms with Crippen molar-refractivity contribution in [1.29, 1.82) is 0 Å². The summed E-state index contributed by atoms with van der Waals surface area (Å²) >= 11 is 0. The van der Waals surface area contributed by atoms with E-state index in [0.717, 1.165) is 31.6 Å². The third kappa shape index (κ3) is 3.56. The van der Waals surface area contributed by atoms with Crippen LogP contribution in [0.15, 0.2) is 34.9 Å². The summed E-state index contributed by atoms with van der Waals surface area (Å²) in [4.78, 5) is 4.28. The van der Waals surface area contributed by atoms with Gasteiger partial charge in [-0.15, -0.1) is 0 Å². The highest BCUT2D eigenvalue weighted by Crippen LogP contribution is 2.17. The Morgan fingerprint density at radius 1 is 1.22 bits per heavy atom. The molecule has 0 bridgehead atoms. The lowest BCUT2D eigenvalue weighted by Crippen LogP contribution is -2.04. The van der Waals surface area contributed by atoms with E-state index in [1.807, 2.05) is 30.3 Å². The number of nitrogens with one attached hydrogen (secondary N) is 1. The number of anilines is 1. The van der Waals surface area contributed by atoms with Crippen LogP contribution in [0, 0.1) is 0 Å². The normalized spacial score (nSPS) is 10.5. The molecule has 0 saturated carbocycles. The number of unbranched alkanes of at least 4 members (excludes halogenated alkanes) is 1. The van der Waals surface area contributed by atoms with Gasteiger partial charge in [-0.2, -0.15) is 4.98 Å². The molecule has 1 aromatic heterocycles. The van der Waals surface area contributed by atoms with Crippen LogP contribution >= 0.6 is 0 Å². The Hall–Kier alpha value is -1.88. The van der Waals surface area contributed by atoms with Crippen LogP contribution in [0.2, 0.25) is 0 Å². The summed E-state index contributed by atoms with van der Waals surface area (Å²) in [6.07, 6.45) is 2.04. The lowest BCUT2D eigenvalue weighted by molar-refractivity contribution is 0.193. The standard InChI is InChI=1S/C13H17N3O2/c1-17-10-6-5-9-14-13-15-12(18-16-13)11-7-3-2-4-8-11/h2-4,7-8H,5-6,9-10H2,1H3,(H,14,16). The summed E-state index contributed by atoms with van der Waals surface area (Å²) in [6, 6.07) is 9.72. The molecule has 0 atom stereocenters. The lowest BCUT2D eigenvalue weighted by Gasteiger charge is -2.00. The Labute approximate surface area is 106 Å². The number of hydrogen-bond acceptors (Lipinski definition) is 5. The molecule has 18 heavy (non-hydrogen) atoms. The van der Waals surface area contributed by atoms with E-state index in [9.17, 15) is 0 Å². The molecule has 0 radical (unpaired) electrons. The molecule has 0 aliphatic rings. The van der Waals surface area contributed by atoms with Crippen LogP contribution in [-0.2, 0) is 4.74 Å². The van der Waals surface area contributed by atoms with Crippen molar-refractivity contribution in [3.63, 3.8) is 0 Å². The van der Waals surface area contributed by atoms with Crippen LogP contribution in [0.3, 0.4) is 0 Å². The van der Waals surface area contributed by atoms with Gasteiger partial charge in [-0.25, -0.2) is 0 Å². The third-order valence-electron chi connectivity index (χ3n) is 2.51. The van der Waals surface area contributed by atoms with Gasteiger partial charge in [0, 0.05) is 25.8 Å². The molecule has 5 nitrogen and oxygen atoms in total. The molecule has 0 spiro atoms. The molecule has 0 unspecified atom stereocenters. The molecule has 96 valence electrons. The number of nitrogens with zero attached hydrogens (tertiary/aromatic N) is 2. The van der Waals surface area contributed by atoms with Crippen molar-refractivity contribution >= 4 is 5.95 Å². The smallest absolute Gasteiger partial charge is 0.263 e. The summed E-state index contributed by atoms with van der Waals surface area (Å²) < 4.78 is 10.2. The van der Waals surface area contributed by atoms with Crippen LogP contribution in [0.4, 0.5) is 5.95 Å². The van der Waals surface area contributed by atoms with E-state index < -0.39 is 0 Å². The first-order valence-corrected chi connectivity index (χ1v) is 6.02. The minimum Gasteiger partial charge on any atom is -0.385 e. The van der Waals surface area contributed by atoms with Crippen LogP contribution in [0.5, 0.6) is 0 Å². The minimum atomic E-state index is 0.534. The van der Waals surface area contributed by atoms with Crippen molar-refractivity contribution < 1.29 is 9.26 Å². The van der Waals surface area contributed by atoms with Gasteiger partial charge in [-0.05, 0) is 30.1 Å². The average Bonchev–Trinajstić information content (AvgIpc) is 2.88. The van der Waals surface area contributed by atoms with Gasteiger partial charge in [0.2, 0.25) is 0 Å². The number of methoxy groups -OCH3 is 1. The first-order valence-electron chi connectivity index (χ1n) is 6.02. The monoisotopic (exact) mass is 247 g/mol. The van der Waals surface area contributed by atoms with E-state index in [2.05, 4.69) is 15.5 Å². The van der Waals surface area contributed by atoms with Gasteiger partial charge in [0.05, 0.1) is 0 Å². The number of rotatable bonds is 7. The molecule has 2 aromatic rings. The average molecular weight is 247 g/mol. The fraction of sp³-hybridized carbons (Fsp3) is 0.385. The van der Waals surface area contributed by atoms with Crippen LogP contribution < -0.4 is 5.32 Å². The van der Waals surface area contributed by atoms with Gasteiger partial charge in [-0.1, -0.05) is 18.2 Å². The molecular formula is C13H17N3O2. The van der Waals surface area contributed by atoms with Crippen molar-refractivity contribution in [3.8, 4) is 11.5 Å². The summed E-state index contributed by atoms with van der Waals surface area (Å²) in [5, 5.41) is 7.00. The zero-order valence-electron chi connectivity index (χ0n) is 10.4. The number of ether oxygens (including phenoxy) is 1. The maximum Gasteiger partial charge on any atom is 0.263 e. The Balaban J connectivity index is 1.83. The molecule has 1 N–H and O–H groups in total. The van der Waals surface area contributed by atoms with Crippen molar-refractivity contribution in [2.45, 2.75) is 12.8 Å². The Morgan fingerprint density at radius 2 is 2.06 bits per heavy atom. The van der Waals surface area contributed by atoms with Gasteiger partial charge in [0.15, 0.2) is 0 Å². The largest absolute Gasteiger partial charge is 0.385 e. The predicted molar refractivity (Wildman–Crippen MR) is 69.3 cm³/mol. The van der Waals surface area contributed by atoms with Gasteiger partial charge in [0.1, 0.15) is 0 Å². The molecule has 5 heteroatoms. The number of aromatic nitrogens is 2. The highest BCUT2D eigenvalue weighted by molar-refractivity contribution is 5.53. The molecule has 0 aliphatic carbocycles. The van der Waals surface area contributed by atoms with Crippen molar-refractivity contribution in [2.24, 2.45) is 0 Å². The number of hydrogen-bond donors (Lipinski definition) is 1. The van der Waals surface area contributed by atoms with E-state index in [0.29, 0.717) is 11.8 Å². The van der Waals surface area contributed by atoms with E-state index >= 15 is 0 Å². The molecule has 1 heterocycles. The maximum atomic E-state index is 5.18. The molecular weight excluding hydrogens is 230 g/mol. The predicted octanol–water partition coefficient (Wildman–Crippen LogP) is 2.58. The van der Waals surface area contributed by atoms with Crippen LogP contribution in [0.25, 0.3) is 11.5 Å². The fourth-order valence-corrected chi connectivity index (χ4v) is 1.56. The van der Waals surface area contributed by atoms with E-state index in [1.165, 1.54) is 0 Å². The van der Waals surface area contributed by atoms with Crippen LogP contribution in [0.1, 0.15) is 12.8 Å². The van der Waals surface area contributed by atoms with Crippen molar-refractivity contribution in [3.05, 3.63) is 30.3 Å². The Bertz CT molecular complexity index is 456. The molecule has 1 aromatic carbocycles. The second-order valence-electron chi connectivity index (χ2n) is 3.92. The number of benzene rings is 1. The van der Waals surface area contributed by atoms with Gasteiger partial charge < -0.3 is 14.6 Å². The van der Waals surface area contributed by atoms with E-state index in [4.69, 9.17) is 9.26 Å². The summed E-state index contributed by atoms with van der Waals surface area (Å²) in [5.41, 5.74) is 0.928. The SMILES string of the molecule is COCCCCNc1noc(-c2ccccc2)n1. The Morgan fingerprint density at radius 3 is 2.83 bits per heavy atom. The quantitative estimate of drug-likeness (QED) is 0.762. The van der Waals surface area contributed by atoms with Gasteiger partial charge in [0.25, 0.3) is 11.8 Å². The lowest BCUT2D eigenvalue weighted by atomic mass is 10.2. The first-order chi connectivity index (χ1) is 8.90. The topological polar surface area (TPSA) is 60.2 Å². The van der Waals surface area contributed by atoms with Crippen molar-refractivity contribution in [1.82, 2.24) is 10.1 Å². The molecule has 0 fully saturated rings. The second-order valence-corrected chi connectivity index (χ2v) is 3.92. The minimum absolute atomic E-state index is 0.534. The Kier molecular flexibility index (Phi) is 4.72. The molecule has 0 saturated heterocycles. The van der Waals surface area contributed by atoms with E-state index in [-0.39, 0.29) is 0 Å². The fourth-order valence-electron chi connectivity index (χ4n) is 1.56. The zero-order valence-corrected chi connectivity index (χ0v) is 10.4. The van der Waals surface area contributed by atoms with Gasteiger partial charge in [-0.3, -0.25) is 0 Å². The summed E-state index contributed by atoms with van der Waals surface area (Å²) in [5.74, 6) is 1.07.